The monoisotopic (exact) mass is 439 g/mol. The molecule has 32 heavy (non-hydrogen) atoms. The highest BCUT2D eigenvalue weighted by atomic mass is 19.3. The van der Waals surface area contributed by atoms with Gasteiger partial charge in [-0.2, -0.15) is 0 Å². The molecule has 0 spiro atoms. The first kappa shape index (κ1) is 21.2. The number of benzene rings is 2. The Balaban J connectivity index is 1.62. The summed E-state index contributed by atoms with van der Waals surface area (Å²) < 4.78 is 31.8. The maximum absolute atomic E-state index is 13.1. The predicted octanol–water partition coefficient (Wildman–Crippen LogP) is 4.32. The van der Waals surface area contributed by atoms with Crippen LogP contribution >= 0.6 is 0 Å². The summed E-state index contributed by atoms with van der Waals surface area (Å²) in [5.74, 6) is 0.506. The van der Waals surface area contributed by atoms with E-state index in [1.807, 2.05) is 6.92 Å². The number of aromatic nitrogens is 2. The maximum atomic E-state index is 13.1. The molecule has 10 heteroatoms. The van der Waals surface area contributed by atoms with Crippen LogP contribution in [0, 0.1) is 0 Å². The number of rotatable bonds is 6. The number of ether oxygens (including phenoxy) is 1. The van der Waals surface area contributed by atoms with Crippen molar-refractivity contribution in [1.29, 1.82) is 0 Å². The van der Waals surface area contributed by atoms with E-state index in [-0.39, 0.29) is 29.5 Å². The van der Waals surface area contributed by atoms with Crippen LogP contribution < -0.4 is 20.3 Å². The van der Waals surface area contributed by atoms with E-state index in [9.17, 15) is 18.4 Å². The molecule has 0 bridgehead atoms. The third-order valence-corrected chi connectivity index (χ3v) is 4.96. The smallest absolute Gasteiger partial charge is 0.336 e. The van der Waals surface area contributed by atoms with Crippen molar-refractivity contribution in [1.82, 2.24) is 9.97 Å². The molecular formula is C22H19F2N5O3. The van der Waals surface area contributed by atoms with E-state index in [2.05, 4.69) is 9.97 Å². The van der Waals surface area contributed by atoms with Gasteiger partial charge in [-0.15, -0.1) is 0 Å². The Morgan fingerprint density at radius 1 is 1.12 bits per heavy atom. The van der Waals surface area contributed by atoms with Crippen molar-refractivity contribution in [2.75, 3.05) is 22.1 Å². The molecule has 0 aliphatic carbocycles. The molecule has 2 heterocycles. The molecule has 164 valence electrons. The van der Waals surface area contributed by atoms with Crippen LogP contribution in [-0.4, -0.2) is 28.5 Å². The Morgan fingerprint density at radius 2 is 1.94 bits per heavy atom. The molecule has 1 aromatic heterocycles. The lowest BCUT2D eigenvalue weighted by atomic mass is 10.1. The van der Waals surface area contributed by atoms with Crippen molar-refractivity contribution in [2.45, 2.75) is 19.8 Å². The number of aryl methyl sites for hydroxylation is 1. The number of nitrogen functional groups attached to an aromatic ring is 1. The number of hydrogen-bond acceptors (Lipinski definition) is 6. The van der Waals surface area contributed by atoms with Gasteiger partial charge in [0.1, 0.15) is 24.4 Å². The second kappa shape index (κ2) is 8.58. The third-order valence-electron chi connectivity index (χ3n) is 4.96. The molecule has 0 atom stereocenters. The number of hydrogen-bond donors (Lipinski definition) is 1. The minimum absolute atomic E-state index is 0.220. The Morgan fingerprint density at radius 3 is 2.66 bits per heavy atom. The number of amides is 3. The number of halogens is 2. The minimum Gasteiger partial charge on any atom is -0.439 e. The van der Waals surface area contributed by atoms with E-state index in [1.165, 1.54) is 41.6 Å². The standard InChI is InChI=1S/C22H19F2N5O3/c1-2-13-9-16(32-19-10-18(25)26-12-27-19)6-7-17(13)29-20(30)11-28(22(29)31)15-5-3-4-14(8-15)21(23)24/h3-10,12,21H,2,11H2,1H3,(H2,25,26,27). The minimum atomic E-state index is -2.68. The average Bonchev–Trinajstić information content (AvgIpc) is 3.07. The summed E-state index contributed by atoms with van der Waals surface area (Å²) in [7, 11) is 0. The predicted molar refractivity (Wildman–Crippen MR) is 114 cm³/mol. The number of alkyl halides is 2. The van der Waals surface area contributed by atoms with Gasteiger partial charge in [0, 0.05) is 17.3 Å². The topological polar surface area (TPSA) is 102 Å². The first-order valence-electron chi connectivity index (χ1n) is 9.78. The van der Waals surface area contributed by atoms with Crippen molar-refractivity contribution in [3.63, 3.8) is 0 Å². The van der Waals surface area contributed by atoms with Crippen LogP contribution in [0.1, 0.15) is 24.5 Å². The van der Waals surface area contributed by atoms with Crippen molar-refractivity contribution < 1.29 is 23.1 Å². The Labute approximate surface area is 182 Å². The molecule has 3 amide bonds. The van der Waals surface area contributed by atoms with Crippen molar-refractivity contribution in [2.24, 2.45) is 0 Å². The van der Waals surface area contributed by atoms with E-state index in [1.54, 1.807) is 18.2 Å². The number of urea groups is 1. The van der Waals surface area contributed by atoms with E-state index in [0.29, 0.717) is 23.4 Å². The molecule has 1 aliphatic rings. The van der Waals surface area contributed by atoms with Crippen LogP contribution in [-0.2, 0) is 11.2 Å². The molecule has 1 fully saturated rings. The van der Waals surface area contributed by atoms with Gasteiger partial charge in [0.25, 0.3) is 12.3 Å². The van der Waals surface area contributed by atoms with Crippen LogP contribution in [0.5, 0.6) is 11.6 Å². The van der Waals surface area contributed by atoms with Gasteiger partial charge < -0.3 is 10.5 Å². The summed E-state index contributed by atoms with van der Waals surface area (Å²) in [6.07, 6.45) is -0.890. The van der Waals surface area contributed by atoms with Gasteiger partial charge >= 0.3 is 6.03 Å². The number of nitrogens with zero attached hydrogens (tertiary/aromatic N) is 4. The van der Waals surface area contributed by atoms with E-state index in [4.69, 9.17) is 10.5 Å². The van der Waals surface area contributed by atoms with Crippen LogP contribution in [0.4, 0.5) is 30.8 Å². The zero-order valence-electron chi connectivity index (χ0n) is 17.0. The summed E-state index contributed by atoms with van der Waals surface area (Å²) in [4.78, 5) is 35.8. The van der Waals surface area contributed by atoms with Crippen molar-refractivity contribution in [3.8, 4) is 11.6 Å². The largest absolute Gasteiger partial charge is 0.439 e. The van der Waals surface area contributed by atoms with E-state index < -0.39 is 18.4 Å². The van der Waals surface area contributed by atoms with Gasteiger partial charge in [-0.05, 0) is 42.3 Å². The fraction of sp³-hybridized carbons (Fsp3) is 0.182. The van der Waals surface area contributed by atoms with E-state index in [0.717, 1.165) is 4.90 Å². The summed E-state index contributed by atoms with van der Waals surface area (Å²) in [6.45, 7) is 1.63. The zero-order chi connectivity index (χ0) is 22.8. The summed E-state index contributed by atoms with van der Waals surface area (Å²) in [5, 5.41) is 0. The molecule has 4 rings (SSSR count). The first-order chi connectivity index (χ1) is 15.4. The molecular weight excluding hydrogens is 420 g/mol. The SMILES string of the molecule is CCc1cc(Oc2cc(N)ncn2)ccc1N1C(=O)CN(c2cccc(C(F)F)c2)C1=O. The second-order valence-corrected chi connectivity index (χ2v) is 7.02. The maximum Gasteiger partial charge on any atom is 0.336 e. The lowest BCUT2D eigenvalue weighted by Crippen LogP contribution is -2.33. The van der Waals surface area contributed by atoms with Gasteiger partial charge in [0.2, 0.25) is 5.88 Å². The number of nitrogens with two attached hydrogens (primary N) is 1. The Bertz CT molecular complexity index is 1190. The molecule has 8 nitrogen and oxygen atoms in total. The van der Waals surface area contributed by atoms with E-state index >= 15 is 0 Å². The van der Waals surface area contributed by atoms with Crippen molar-refractivity contribution in [3.05, 3.63) is 66.0 Å². The second-order valence-electron chi connectivity index (χ2n) is 7.02. The highest BCUT2D eigenvalue weighted by Crippen LogP contribution is 2.33. The van der Waals surface area contributed by atoms with Gasteiger partial charge in [-0.3, -0.25) is 9.69 Å². The fourth-order valence-electron chi connectivity index (χ4n) is 3.43. The molecule has 0 radical (unpaired) electrons. The first-order valence-corrected chi connectivity index (χ1v) is 9.78. The molecule has 0 saturated carbocycles. The Kier molecular flexibility index (Phi) is 5.67. The highest BCUT2D eigenvalue weighted by molar-refractivity contribution is 6.27. The van der Waals surface area contributed by atoms with Crippen LogP contribution in [0.25, 0.3) is 0 Å². The lowest BCUT2D eigenvalue weighted by Gasteiger charge is -2.20. The number of carbonyl (C=O) groups is 2. The molecule has 1 aliphatic heterocycles. The third kappa shape index (κ3) is 4.07. The quantitative estimate of drug-likeness (QED) is 0.574. The summed E-state index contributed by atoms with van der Waals surface area (Å²) >= 11 is 0. The molecule has 1 saturated heterocycles. The van der Waals surface area contributed by atoms with Crippen LogP contribution in [0.3, 0.4) is 0 Å². The fourth-order valence-corrected chi connectivity index (χ4v) is 3.43. The van der Waals surface area contributed by atoms with Crippen LogP contribution in [0.15, 0.2) is 54.9 Å². The highest BCUT2D eigenvalue weighted by Gasteiger charge is 2.39. The number of carbonyl (C=O) groups excluding carboxylic acids is 2. The summed E-state index contributed by atoms with van der Waals surface area (Å²) in [6, 6.07) is 11.2. The van der Waals surface area contributed by atoms with Gasteiger partial charge in [0.15, 0.2) is 0 Å². The van der Waals surface area contributed by atoms with Crippen LogP contribution in [0.2, 0.25) is 0 Å². The van der Waals surface area contributed by atoms with Crippen molar-refractivity contribution >= 4 is 29.1 Å². The zero-order valence-corrected chi connectivity index (χ0v) is 17.0. The van der Waals surface area contributed by atoms with Gasteiger partial charge in [0.05, 0.1) is 5.69 Å². The van der Waals surface area contributed by atoms with Gasteiger partial charge in [-0.25, -0.2) is 28.4 Å². The molecule has 2 aromatic carbocycles. The lowest BCUT2D eigenvalue weighted by molar-refractivity contribution is -0.115. The summed E-state index contributed by atoms with van der Waals surface area (Å²) in [5.41, 5.74) is 6.75. The average molecular weight is 439 g/mol. The Hall–Kier alpha value is -4.08. The number of imide groups is 1. The molecule has 2 N–H and O–H groups in total. The molecule has 0 unspecified atom stereocenters. The molecule has 3 aromatic rings. The number of anilines is 3. The normalized spacial score (nSPS) is 13.9. The van der Waals surface area contributed by atoms with Gasteiger partial charge in [-0.1, -0.05) is 19.1 Å².